The summed E-state index contributed by atoms with van der Waals surface area (Å²) in [5.41, 5.74) is 0.100. The van der Waals surface area contributed by atoms with Crippen molar-refractivity contribution in [1.29, 1.82) is 0 Å². The Morgan fingerprint density at radius 2 is 1.83 bits per heavy atom. The standard InChI is InChI=1S/C27H43N3O6/c1-6-7-16-30(25(34)21(17-31)29-26(35)36-27(3,4)5)22(20-15-11-12-18(2)23(20)32)24(33)28-19-13-9-8-10-14-19/h11-12,15,19,21-22,31-32H,6-10,13-14,16-17H2,1-5H3,(H,28,33)(H,29,35). The van der Waals surface area contributed by atoms with E-state index in [4.69, 9.17) is 4.74 Å². The van der Waals surface area contributed by atoms with Gasteiger partial charge >= 0.3 is 6.09 Å². The number of unbranched alkanes of at least 4 members (excludes halogenated alkanes) is 1. The Hall–Kier alpha value is -2.81. The summed E-state index contributed by atoms with van der Waals surface area (Å²) >= 11 is 0. The first-order chi connectivity index (χ1) is 17.0. The number of para-hydroxylation sites is 1. The summed E-state index contributed by atoms with van der Waals surface area (Å²) in [4.78, 5) is 41.2. The van der Waals surface area contributed by atoms with Gasteiger partial charge in [0, 0.05) is 18.2 Å². The lowest BCUT2D eigenvalue weighted by Crippen LogP contribution is -2.55. The first-order valence-corrected chi connectivity index (χ1v) is 13.0. The number of phenolic OH excluding ortho intramolecular Hbond substituents is 1. The lowest BCUT2D eigenvalue weighted by molar-refractivity contribution is -0.143. The van der Waals surface area contributed by atoms with Gasteiger partial charge in [0.15, 0.2) is 0 Å². The number of aliphatic hydroxyl groups excluding tert-OH is 1. The number of nitrogens with zero attached hydrogens (tertiary/aromatic N) is 1. The molecule has 2 unspecified atom stereocenters. The van der Waals surface area contributed by atoms with Crippen LogP contribution in [0.1, 0.15) is 89.8 Å². The minimum Gasteiger partial charge on any atom is -0.507 e. The van der Waals surface area contributed by atoms with Crippen LogP contribution in [-0.4, -0.2) is 63.9 Å². The lowest BCUT2D eigenvalue weighted by Gasteiger charge is -2.35. The Kier molecular flexibility index (Phi) is 11.0. The van der Waals surface area contributed by atoms with Crippen molar-refractivity contribution in [1.82, 2.24) is 15.5 Å². The van der Waals surface area contributed by atoms with Crippen molar-refractivity contribution in [3.05, 3.63) is 29.3 Å². The molecule has 2 rings (SSSR count). The van der Waals surface area contributed by atoms with E-state index in [1.807, 2.05) is 6.92 Å². The van der Waals surface area contributed by atoms with Gasteiger partial charge in [-0.1, -0.05) is 50.8 Å². The van der Waals surface area contributed by atoms with Gasteiger partial charge in [-0.3, -0.25) is 9.59 Å². The zero-order valence-corrected chi connectivity index (χ0v) is 22.3. The van der Waals surface area contributed by atoms with Gasteiger partial charge in [-0.25, -0.2) is 4.79 Å². The number of hydrogen-bond acceptors (Lipinski definition) is 6. The number of phenols is 1. The Balaban J connectivity index is 2.44. The average molecular weight is 506 g/mol. The number of nitrogens with one attached hydrogen (secondary N) is 2. The molecule has 0 heterocycles. The second kappa shape index (κ2) is 13.5. The summed E-state index contributed by atoms with van der Waals surface area (Å²) in [5, 5.41) is 26.4. The lowest BCUT2D eigenvalue weighted by atomic mass is 9.94. The molecule has 3 amide bonds. The minimum absolute atomic E-state index is 0.00245. The largest absolute Gasteiger partial charge is 0.507 e. The van der Waals surface area contributed by atoms with Crippen LogP contribution in [-0.2, 0) is 14.3 Å². The molecule has 0 bridgehead atoms. The summed E-state index contributed by atoms with van der Waals surface area (Å²) in [6, 6.07) is 2.66. The van der Waals surface area contributed by atoms with Crippen molar-refractivity contribution < 1.29 is 29.3 Å². The first-order valence-electron chi connectivity index (χ1n) is 13.0. The number of rotatable bonds is 10. The highest BCUT2D eigenvalue weighted by Crippen LogP contribution is 2.33. The van der Waals surface area contributed by atoms with Gasteiger partial charge in [-0.05, 0) is 52.5 Å². The number of ether oxygens (including phenoxy) is 1. The molecule has 36 heavy (non-hydrogen) atoms. The maximum atomic E-state index is 13.7. The van der Waals surface area contributed by atoms with Crippen molar-refractivity contribution in [2.45, 2.75) is 103 Å². The normalized spacial score (nSPS) is 16.1. The fourth-order valence-electron chi connectivity index (χ4n) is 4.41. The van der Waals surface area contributed by atoms with Crippen LogP contribution in [0, 0.1) is 6.92 Å². The van der Waals surface area contributed by atoms with E-state index in [2.05, 4.69) is 10.6 Å². The predicted molar refractivity (Wildman–Crippen MR) is 137 cm³/mol. The second-order valence-electron chi connectivity index (χ2n) is 10.5. The summed E-state index contributed by atoms with van der Waals surface area (Å²) in [6.45, 7) is 8.32. The molecule has 0 aromatic heterocycles. The van der Waals surface area contributed by atoms with Gasteiger partial charge in [0.2, 0.25) is 11.8 Å². The molecule has 0 aliphatic heterocycles. The number of aryl methyl sites for hydroxylation is 1. The zero-order chi connectivity index (χ0) is 26.9. The van der Waals surface area contributed by atoms with Crippen LogP contribution in [0.5, 0.6) is 5.75 Å². The molecule has 2 atom stereocenters. The smallest absolute Gasteiger partial charge is 0.408 e. The van der Waals surface area contributed by atoms with Gasteiger partial charge in [0.25, 0.3) is 0 Å². The van der Waals surface area contributed by atoms with E-state index in [0.717, 1.165) is 38.5 Å². The number of carbonyl (C=O) groups is 3. The average Bonchev–Trinajstić information content (AvgIpc) is 2.81. The third kappa shape index (κ3) is 8.40. The van der Waals surface area contributed by atoms with Crippen LogP contribution in [0.2, 0.25) is 0 Å². The topological polar surface area (TPSA) is 128 Å². The monoisotopic (exact) mass is 505 g/mol. The van der Waals surface area contributed by atoms with Gasteiger partial charge in [0.05, 0.1) is 6.61 Å². The number of amides is 3. The van der Waals surface area contributed by atoms with Crippen molar-refractivity contribution >= 4 is 17.9 Å². The molecule has 4 N–H and O–H groups in total. The number of alkyl carbamates (subject to hydrolysis) is 1. The highest BCUT2D eigenvalue weighted by molar-refractivity contribution is 5.92. The number of aliphatic hydroxyl groups is 1. The minimum atomic E-state index is -1.31. The number of aromatic hydroxyl groups is 1. The molecular weight excluding hydrogens is 462 g/mol. The fourth-order valence-corrected chi connectivity index (χ4v) is 4.41. The van der Waals surface area contributed by atoms with Crippen molar-refractivity contribution in [2.24, 2.45) is 0 Å². The van der Waals surface area contributed by atoms with E-state index in [0.29, 0.717) is 17.5 Å². The van der Waals surface area contributed by atoms with Crippen LogP contribution in [0.4, 0.5) is 4.79 Å². The Morgan fingerprint density at radius 3 is 2.42 bits per heavy atom. The van der Waals surface area contributed by atoms with Crippen LogP contribution in [0.15, 0.2) is 18.2 Å². The predicted octanol–water partition coefficient (Wildman–Crippen LogP) is 3.70. The molecule has 1 aromatic rings. The zero-order valence-electron chi connectivity index (χ0n) is 22.3. The number of hydrogen-bond donors (Lipinski definition) is 4. The molecule has 9 nitrogen and oxygen atoms in total. The molecule has 1 aliphatic rings. The van der Waals surface area contributed by atoms with E-state index in [-0.39, 0.29) is 24.2 Å². The van der Waals surface area contributed by atoms with E-state index in [1.165, 1.54) is 4.90 Å². The van der Waals surface area contributed by atoms with E-state index >= 15 is 0 Å². The van der Waals surface area contributed by atoms with Crippen molar-refractivity contribution in [3.8, 4) is 5.75 Å². The molecule has 202 valence electrons. The van der Waals surface area contributed by atoms with Crippen LogP contribution < -0.4 is 10.6 Å². The molecule has 0 spiro atoms. The van der Waals surface area contributed by atoms with Gasteiger partial charge < -0.3 is 30.5 Å². The first kappa shape index (κ1) is 29.4. The Bertz CT molecular complexity index is 892. The molecule has 9 heteroatoms. The quantitative estimate of drug-likeness (QED) is 0.384. The molecular formula is C27H43N3O6. The molecule has 0 radical (unpaired) electrons. The van der Waals surface area contributed by atoms with Gasteiger partial charge in [-0.15, -0.1) is 0 Å². The Labute approximate surface area is 214 Å². The second-order valence-corrected chi connectivity index (χ2v) is 10.5. The molecule has 1 aliphatic carbocycles. The van der Waals surface area contributed by atoms with Gasteiger partial charge in [0.1, 0.15) is 23.4 Å². The van der Waals surface area contributed by atoms with Crippen molar-refractivity contribution in [3.63, 3.8) is 0 Å². The summed E-state index contributed by atoms with van der Waals surface area (Å²) < 4.78 is 5.26. The maximum absolute atomic E-state index is 13.7. The maximum Gasteiger partial charge on any atom is 0.408 e. The van der Waals surface area contributed by atoms with E-state index < -0.39 is 36.3 Å². The van der Waals surface area contributed by atoms with E-state index in [1.54, 1.807) is 45.9 Å². The van der Waals surface area contributed by atoms with E-state index in [9.17, 15) is 24.6 Å². The SMILES string of the molecule is CCCCN(C(=O)C(CO)NC(=O)OC(C)(C)C)C(C(=O)NC1CCCCC1)c1cccc(C)c1O. The van der Waals surface area contributed by atoms with Crippen molar-refractivity contribution in [2.75, 3.05) is 13.2 Å². The molecule has 1 saturated carbocycles. The third-order valence-electron chi connectivity index (χ3n) is 6.28. The fraction of sp³-hybridized carbons (Fsp3) is 0.667. The summed E-state index contributed by atoms with van der Waals surface area (Å²) in [7, 11) is 0. The number of carbonyl (C=O) groups excluding carboxylic acids is 3. The molecule has 0 saturated heterocycles. The summed E-state index contributed by atoms with van der Waals surface area (Å²) in [6.07, 6.45) is 5.41. The van der Waals surface area contributed by atoms with Gasteiger partial charge in [-0.2, -0.15) is 0 Å². The van der Waals surface area contributed by atoms with Crippen LogP contribution in [0.3, 0.4) is 0 Å². The third-order valence-corrected chi connectivity index (χ3v) is 6.28. The van der Waals surface area contributed by atoms with Crippen LogP contribution in [0.25, 0.3) is 0 Å². The summed E-state index contributed by atoms with van der Waals surface area (Å²) in [5.74, 6) is -1.07. The molecule has 1 aromatic carbocycles. The van der Waals surface area contributed by atoms with Crippen LogP contribution >= 0.6 is 0 Å². The highest BCUT2D eigenvalue weighted by atomic mass is 16.6. The number of benzene rings is 1. The highest BCUT2D eigenvalue weighted by Gasteiger charge is 2.38. The Morgan fingerprint density at radius 1 is 1.17 bits per heavy atom. The molecule has 1 fully saturated rings.